The summed E-state index contributed by atoms with van der Waals surface area (Å²) in [6.07, 6.45) is 2.68. The number of thiazole rings is 1. The maximum atomic E-state index is 13.3. The summed E-state index contributed by atoms with van der Waals surface area (Å²) in [6.45, 7) is 9.20. The number of carbonyl (C=O) groups excluding carboxylic acids is 1. The van der Waals surface area contributed by atoms with E-state index in [1.165, 1.54) is 11.1 Å². The Kier molecular flexibility index (Phi) is 7.46. The predicted molar refractivity (Wildman–Crippen MR) is 123 cm³/mol. The third-order valence-corrected chi connectivity index (χ3v) is 6.41. The third-order valence-electron chi connectivity index (χ3n) is 5.18. The van der Waals surface area contributed by atoms with E-state index < -0.39 is 0 Å². The lowest BCUT2D eigenvalue weighted by Gasteiger charge is -2.27. The minimum absolute atomic E-state index is 0. The smallest absolute Gasteiger partial charge is 0.280 e. The Morgan fingerprint density at radius 2 is 2.03 bits per heavy atom. The minimum Gasteiger partial charge on any atom is -0.379 e. The summed E-state index contributed by atoms with van der Waals surface area (Å²) in [7, 11) is 1.82. The molecule has 0 aliphatic carbocycles. The van der Waals surface area contributed by atoms with Crippen molar-refractivity contribution in [3.63, 3.8) is 0 Å². The highest BCUT2D eigenvalue weighted by atomic mass is 35.5. The number of ether oxygens (including phenoxy) is 1. The fraction of sp³-hybridized carbons (Fsp3) is 0.476. The standard InChI is InChI=1S/C21H27N5O2S.ClH/c1-15-13-16(2)19-18(14-15)22-21(29-19)26(20(27)17-5-8-24(3)23-17)7-4-6-25-9-11-28-12-10-25;/h5,8,13-14H,4,6-7,9-12H2,1-3H3;1H. The molecule has 0 bridgehead atoms. The Balaban J connectivity index is 0.00000256. The molecule has 0 N–H and O–H groups in total. The molecule has 0 saturated carbocycles. The molecule has 0 atom stereocenters. The van der Waals surface area contributed by atoms with E-state index in [9.17, 15) is 4.79 Å². The minimum atomic E-state index is -0.0963. The van der Waals surface area contributed by atoms with Gasteiger partial charge in [-0.3, -0.25) is 19.3 Å². The van der Waals surface area contributed by atoms with Crippen molar-refractivity contribution in [2.75, 3.05) is 44.3 Å². The Labute approximate surface area is 187 Å². The second kappa shape index (κ2) is 9.87. The first kappa shape index (κ1) is 22.7. The SMILES string of the molecule is Cc1cc(C)c2sc(N(CCCN3CCOCC3)C(=O)c3ccn(C)n3)nc2c1.Cl. The zero-order valence-electron chi connectivity index (χ0n) is 17.6. The van der Waals surface area contributed by atoms with Gasteiger partial charge in [-0.05, 0) is 43.5 Å². The summed E-state index contributed by atoms with van der Waals surface area (Å²) in [5.41, 5.74) is 3.78. The van der Waals surface area contributed by atoms with E-state index in [0.717, 1.165) is 54.6 Å². The van der Waals surface area contributed by atoms with Gasteiger partial charge >= 0.3 is 0 Å². The number of hydrogen-bond donors (Lipinski definition) is 0. The van der Waals surface area contributed by atoms with Gasteiger partial charge in [0.2, 0.25) is 0 Å². The van der Waals surface area contributed by atoms with Crippen LogP contribution in [0.3, 0.4) is 0 Å². The van der Waals surface area contributed by atoms with E-state index >= 15 is 0 Å². The fourth-order valence-corrected chi connectivity index (χ4v) is 4.75. The number of aryl methyl sites for hydroxylation is 3. The summed E-state index contributed by atoms with van der Waals surface area (Å²) >= 11 is 1.58. The Morgan fingerprint density at radius 1 is 1.27 bits per heavy atom. The monoisotopic (exact) mass is 449 g/mol. The largest absolute Gasteiger partial charge is 0.379 e. The van der Waals surface area contributed by atoms with Crippen LogP contribution in [0.4, 0.5) is 5.13 Å². The molecule has 0 spiro atoms. The molecule has 9 heteroatoms. The van der Waals surface area contributed by atoms with E-state index in [-0.39, 0.29) is 18.3 Å². The molecule has 7 nitrogen and oxygen atoms in total. The number of morpholine rings is 1. The number of nitrogens with zero attached hydrogens (tertiary/aromatic N) is 5. The number of halogens is 1. The molecule has 0 radical (unpaired) electrons. The number of carbonyl (C=O) groups is 1. The van der Waals surface area contributed by atoms with Crippen molar-refractivity contribution < 1.29 is 9.53 Å². The first-order chi connectivity index (χ1) is 14.0. The summed E-state index contributed by atoms with van der Waals surface area (Å²) in [5.74, 6) is -0.0963. The van der Waals surface area contributed by atoms with Crippen molar-refractivity contribution in [3.8, 4) is 0 Å². The summed E-state index contributed by atoms with van der Waals surface area (Å²) in [4.78, 5) is 22.2. The molecule has 3 heterocycles. The van der Waals surface area contributed by atoms with Gasteiger partial charge in [0.15, 0.2) is 10.8 Å². The first-order valence-electron chi connectivity index (χ1n) is 10.0. The Hall–Kier alpha value is -2.00. The van der Waals surface area contributed by atoms with Crippen molar-refractivity contribution in [2.24, 2.45) is 7.05 Å². The van der Waals surface area contributed by atoms with Crippen LogP contribution in [0.1, 0.15) is 28.0 Å². The second-order valence-electron chi connectivity index (χ2n) is 7.57. The number of benzene rings is 1. The number of hydrogen-bond acceptors (Lipinski definition) is 6. The number of aromatic nitrogens is 3. The lowest BCUT2D eigenvalue weighted by Crippen LogP contribution is -2.39. The highest BCUT2D eigenvalue weighted by Gasteiger charge is 2.24. The zero-order valence-corrected chi connectivity index (χ0v) is 19.3. The maximum absolute atomic E-state index is 13.3. The van der Waals surface area contributed by atoms with Crippen molar-refractivity contribution >= 4 is 45.0 Å². The normalized spacial score (nSPS) is 14.6. The topological polar surface area (TPSA) is 63.5 Å². The second-order valence-corrected chi connectivity index (χ2v) is 8.54. The van der Waals surface area contributed by atoms with Crippen LogP contribution >= 0.6 is 23.7 Å². The highest BCUT2D eigenvalue weighted by Crippen LogP contribution is 2.32. The van der Waals surface area contributed by atoms with Gasteiger partial charge < -0.3 is 4.74 Å². The molecule has 30 heavy (non-hydrogen) atoms. The van der Waals surface area contributed by atoms with Crippen LogP contribution in [0.15, 0.2) is 24.4 Å². The van der Waals surface area contributed by atoms with Crippen LogP contribution in [0.25, 0.3) is 10.2 Å². The van der Waals surface area contributed by atoms with Crippen molar-refractivity contribution in [1.82, 2.24) is 19.7 Å². The van der Waals surface area contributed by atoms with Gasteiger partial charge in [-0.15, -0.1) is 12.4 Å². The Morgan fingerprint density at radius 3 is 2.73 bits per heavy atom. The van der Waals surface area contributed by atoms with Crippen LogP contribution in [0.5, 0.6) is 0 Å². The van der Waals surface area contributed by atoms with E-state index in [2.05, 4.69) is 36.0 Å². The Bertz CT molecular complexity index is 1010. The molecule has 3 aromatic rings. The average Bonchev–Trinajstić information content (AvgIpc) is 3.32. The molecule has 0 unspecified atom stereocenters. The average molecular weight is 450 g/mol. The van der Waals surface area contributed by atoms with E-state index in [4.69, 9.17) is 9.72 Å². The van der Waals surface area contributed by atoms with Crippen LogP contribution in [-0.2, 0) is 11.8 Å². The predicted octanol–water partition coefficient (Wildman–Crippen LogP) is 3.44. The number of anilines is 1. The molecule has 1 amide bonds. The number of amides is 1. The van der Waals surface area contributed by atoms with Crippen molar-refractivity contribution in [3.05, 3.63) is 41.2 Å². The number of rotatable bonds is 6. The lowest BCUT2D eigenvalue weighted by molar-refractivity contribution is 0.0376. The third kappa shape index (κ3) is 5.00. The molecule has 4 rings (SSSR count). The van der Waals surface area contributed by atoms with Crippen molar-refractivity contribution in [2.45, 2.75) is 20.3 Å². The summed E-state index contributed by atoms with van der Waals surface area (Å²) in [6, 6.07) is 6.01. The molecule has 1 saturated heterocycles. The molecule has 1 aliphatic rings. The van der Waals surface area contributed by atoms with Gasteiger partial charge in [0.1, 0.15) is 0 Å². The van der Waals surface area contributed by atoms with Gasteiger partial charge in [0, 0.05) is 39.4 Å². The van der Waals surface area contributed by atoms with Crippen LogP contribution in [0, 0.1) is 13.8 Å². The maximum Gasteiger partial charge on any atom is 0.280 e. The molecule has 1 fully saturated rings. The highest BCUT2D eigenvalue weighted by molar-refractivity contribution is 7.22. The van der Waals surface area contributed by atoms with Gasteiger partial charge in [-0.2, -0.15) is 5.10 Å². The fourth-order valence-electron chi connectivity index (χ4n) is 3.71. The lowest BCUT2D eigenvalue weighted by atomic mass is 10.1. The van der Waals surface area contributed by atoms with Crippen LogP contribution in [0.2, 0.25) is 0 Å². The summed E-state index contributed by atoms with van der Waals surface area (Å²) in [5, 5.41) is 5.06. The van der Waals surface area contributed by atoms with E-state index in [1.54, 1.807) is 33.2 Å². The van der Waals surface area contributed by atoms with Gasteiger partial charge in [0.25, 0.3) is 5.91 Å². The first-order valence-corrected chi connectivity index (χ1v) is 10.8. The quantitative estimate of drug-likeness (QED) is 0.576. The molecule has 162 valence electrons. The molecule has 1 aliphatic heterocycles. The molecular formula is C21H28ClN5O2S. The van der Waals surface area contributed by atoms with E-state index in [0.29, 0.717) is 12.2 Å². The van der Waals surface area contributed by atoms with Gasteiger partial charge in [-0.25, -0.2) is 4.98 Å². The van der Waals surface area contributed by atoms with E-state index in [1.807, 2.05) is 7.05 Å². The molecular weight excluding hydrogens is 422 g/mol. The van der Waals surface area contributed by atoms with Gasteiger partial charge in [-0.1, -0.05) is 17.4 Å². The van der Waals surface area contributed by atoms with Gasteiger partial charge in [0.05, 0.1) is 23.4 Å². The van der Waals surface area contributed by atoms with Crippen molar-refractivity contribution in [1.29, 1.82) is 0 Å². The van der Waals surface area contributed by atoms with Crippen LogP contribution < -0.4 is 4.90 Å². The number of fused-ring (bicyclic) bond motifs is 1. The molecule has 1 aromatic carbocycles. The zero-order chi connectivity index (χ0) is 20.4. The van der Waals surface area contributed by atoms with Crippen LogP contribution in [-0.4, -0.2) is 65.0 Å². The molecule has 2 aromatic heterocycles. The summed E-state index contributed by atoms with van der Waals surface area (Å²) < 4.78 is 8.22.